The van der Waals surface area contributed by atoms with E-state index < -0.39 is 35.2 Å². The number of carbonyl (C=O) groups is 1. The maximum absolute atomic E-state index is 13.3. The second-order valence-corrected chi connectivity index (χ2v) is 3.58. The van der Waals surface area contributed by atoms with Gasteiger partial charge in [-0.2, -0.15) is 0 Å². The molecule has 0 spiro atoms. The Morgan fingerprint density at radius 3 is 2.25 bits per heavy atom. The molecule has 1 aliphatic heterocycles. The van der Waals surface area contributed by atoms with Gasteiger partial charge in [0.05, 0.1) is 19.1 Å². The van der Waals surface area contributed by atoms with Gasteiger partial charge in [0.15, 0.2) is 11.6 Å². The molecular formula is C10H8F3NO2. The van der Waals surface area contributed by atoms with Gasteiger partial charge in [-0.1, -0.05) is 0 Å². The van der Waals surface area contributed by atoms with Crippen LogP contribution in [0.1, 0.15) is 6.42 Å². The lowest BCUT2D eigenvalue weighted by atomic mass is 10.2. The van der Waals surface area contributed by atoms with Crippen LogP contribution in [0.4, 0.5) is 18.9 Å². The Morgan fingerprint density at radius 2 is 1.81 bits per heavy atom. The predicted octanol–water partition coefficient (Wildman–Crippen LogP) is 1.20. The highest BCUT2D eigenvalue weighted by Crippen LogP contribution is 2.28. The molecule has 1 amide bonds. The molecule has 0 bridgehead atoms. The molecule has 6 heteroatoms. The standard InChI is InChI=1S/C10H8F3NO2/c11-5-1-7(12)10(8(13)2-5)14-4-6(15)3-9(14)16/h1-2,6,15H,3-4H2. The number of carbonyl (C=O) groups excluding carboxylic acids is 1. The highest BCUT2D eigenvalue weighted by atomic mass is 19.1. The molecule has 1 aromatic rings. The summed E-state index contributed by atoms with van der Waals surface area (Å²) in [6.45, 7) is -0.182. The fraction of sp³-hybridized carbons (Fsp3) is 0.300. The van der Waals surface area contributed by atoms with Crippen LogP contribution in [-0.2, 0) is 4.79 Å². The Hall–Kier alpha value is -1.56. The number of hydrogen-bond donors (Lipinski definition) is 1. The van der Waals surface area contributed by atoms with Crippen LogP contribution in [0, 0.1) is 17.5 Å². The molecule has 1 aliphatic rings. The Morgan fingerprint density at radius 1 is 1.25 bits per heavy atom. The lowest BCUT2D eigenvalue weighted by Crippen LogP contribution is -2.27. The lowest BCUT2D eigenvalue weighted by Gasteiger charge is -2.17. The number of rotatable bonds is 1. The van der Waals surface area contributed by atoms with Crippen molar-refractivity contribution in [3.8, 4) is 0 Å². The van der Waals surface area contributed by atoms with E-state index in [-0.39, 0.29) is 13.0 Å². The number of aliphatic hydroxyl groups is 1. The van der Waals surface area contributed by atoms with Gasteiger partial charge in [-0.3, -0.25) is 4.79 Å². The first-order valence-corrected chi connectivity index (χ1v) is 4.62. The minimum atomic E-state index is -1.15. The molecule has 3 nitrogen and oxygen atoms in total. The van der Waals surface area contributed by atoms with Gasteiger partial charge in [0.2, 0.25) is 5.91 Å². The highest BCUT2D eigenvalue weighted by Gasteiger charge is 2.32. The van der Waals surface area contributed by atoms with Crippen molar-refractivity contribution in [1.82, 2.24) is 0 Å². The first kappa shape index (κ1) is 10.9. The molecule has 0 saturated carbocycles. The summed E-state index contributed by atoms with van der Waals surface area (Å²) < 4.78 is 39.3. The van der Waals surface area contributed by atoms with Gasteiger partial charge in [0.1, 0.15) is 11.5 Å². The van der Waals surface area contributed by atoms with Crippen molar-refractivity contribution < 1.29 is 23.1 Å². The van der Waals surface area contributed by atoms with Gasteiger partial charge in [-0.05, 0) is 0 Å². The Balaban J connectivity index is 2.44. The summed E-state index contributed by atoms with van der Waals surface area (Å²) in [5.74, 6) is -3.94. The molecule has 86 valence electrons. The van der Waals surface area contributed by atoms with Crippen molar-refractivity contribution in [2.24, 2.45) is 0 Å². The van der Waals surface area contributed by atoms with E-state index in [9.17, 15) is 23.1 Å². The second-order valence-electron chi connectivity index (χ2n) is 3.58. The Kier molecular flexibility index (Phi) is 2.59. The summed E-state index contributed by atoms with van der Waals surface area (Å²) in [6, 6.07) is 0.993. The molecule has 1 N–H and O–H groups in total. The van der Waals surface area contributed by atoms with Gasteiger partial charge < -0.3 is 10.0 Å². The molecule has 0 aromatic heterocycles. The molecule has 1 fully saturated rings. The number of benzene rings is 1. The third kappa shape index (κ3) is 1.76. The fourth-order valence-electron chi connectivity index (χ4n) is 1.70. The summed E-state index contributed by atoms with van der Waals surface area (Å²) in [5.41, 5.74) is -0.608. The van der Waals surface area contributed by atoms with Crippen molar-refractivity contribution in [3.05, 3.63) is 29.6 Å². The van der Waals surface area contributed by atoms with Crippen LogP contribution in [0.5, 0.6) is 0 Å². The maximum Gasteiger partial charge on any atom is 0.229 e. The van der Waals surface area contributed by atoms with E-state index in [0.717, 1.165) is 4.90 Å². The zero-order chi connectivity index (χ0) is 11.9. The SMILES string of the molecule is O=C1CC(O)CN1c1c(F)cc(F)cc1F. The molecule has 1 aromatic carbocycles. The maximum atomic E-state index is 13.3. The second kappa shape index (κ2) is 3.79. The summed E-state index contributed by atoms with van der Waals surface area (Å²) in [6.07, 6.45) is -1.13. The zero-order valence-corrected chi connectivity index (χ0v) is 8.08. The summed E-state index contributed by atoms with van der Waals surface area (Å²) >= 11 is 0. The van der Waals surface area contributed by atoms with Crippen LogP contribution < -0.4 is 4.90 Å². The number of nitrogens with zero attached hydrogens (tertiary/aromatic N) is 1. The Bertz CT molecular complexity index is 427. The first-order valence-electron chi connectivity index (χ1n) is 4.62. The van der Waals surface area contributed by atoms with Crippen LogP contribution in [0.25, 0.3) is 0 Å². The molecule has 1 saturated heterocycles. The summed E-state index contributed by atoms with van der Waals surface area (Å²) in [7, 11) is 0. The number of β-amino-alcohol motifs (C(OH)–C–C–N with tert-alkyl or cyclic N) is 1. The van der Waals surface area contributed by atoms with Crippen molar-refractivity contribution in [2.45, 2.75) is 12.5 Å². The third-order valence-corrected chi connectivity index (χ3v) is 2.36. The van der Waals surface area contributed by atoms with E-state index in [1.54, 1.807) is 0 Å². The molecule has 1 heterocycles. The van der Waals surface area contributed by atoms with Crippen LogP contribution in [-0.4, -0.2) is 23.7 Å². The van der Waals surface area contributed by atoms with E-state index in [4.69, 9.17) is 0 Å². The van der Waals surface area contributed by atoms with Gasteiger partial charge in [0.25, 0.3) is 0 Å². The minimum Gasteiger partial charge on any atom is -0.391 e. The summed E-state index contributed by atoms with van der Waals surface area (Å²) in [5, 5.41) is 9.19. The molecule has 0 aliphatic carbocycles. The van der Waals surface area contributed by atoms with Crippen LogP contribution in [0.15, 0.2) is 12.1 Å². The molecule has 0 radical (unpaired) electrons. The zero-order valence-electron chi connectivity index (χ0n) is 8.08. The van der Waals surface area contributed by atoms with E-state index in [1.165, 1.54) is 0 Å². The van der Waals surface area contributed by atoms with Crippen molar-refractivity contribution in [3.63, 3.8) is 0 Å². The van der Waals surface area contributed by atoms with E-state index in [2.05, 4.69) is 0 Å². The highest BCUT2D eigenvalue weighted by molar-refractivity contribution is 5.96. The number of hydrogen-bond acceptors (Lipinski definition) is 2. The first-order chi connectivity index (χ1) is 7.49. The van der Waals surface area contributed by atoms with Gasteiger partial charge in [-0.15, -0.1) is 0 Å². The van der Waals surface area contributed by atoms with Gasteiger partial charge >= 0.3 is 0 Å². The quantitative estimate of drug-likeness (QED) is 0.789. The Labute approximate surface area is 89.1 Å². The number of aliphatic hydroxyl groups excluding tert-OH is 1. The van der Waals surface area contributed by atoms with Gasteiger partial charge in [-0.25, -0.2) is 13.2 Å². The topological polar surface area (TPSA) is 40.5 Å². The lowest BCUT2D eigenvalue weighted by molar-refractivity contribution is -0.117. The van der Waals surface area contributed by atoms with E-state index in [0.29, 0.717) is 12.1 Å². The van der Waals surface area contributed by atoms with Gasteiger partial charge in [0, 0.05) is 12.1 Å². The molecule has 16 heavy (non-hydrogen) atoms. The van der Waals surface area contributed by atoms with Crippen LogP contribution >= 0.6 is 0 Å². The summed E-state index contributed by atoms with van der Waals surface area (Å²) in [4.78, 5) is 12.1. The smallest absolute Gasteiger partial charge is 0.229 e. The minimum absolute atomic E-state index is 0.182. The molecule has 1 unspecified atom stereocenters. The van der Waals surface area contributed by atoms with E-state index in [1.807, 2.05) is 0 Å². The normalized spacial score (nSPS) is 20.6. The number of anilines is 1. The fourth-order valence-corrected chi connectivity index (χ4v) is 1.70. The average molecular weight is 231 g/mol. The van der Waals surface area contributed by atoms with Crippen molar-refractivity contribution >= 4 is 11.6 Å². The number of halogens is 3. The van der Waals surface area contributed by atoms with E-state index >= 15 is 0 Å². The largest absolute Gasteiger partial charge is 0.391 e. The molecular weight excluding hydrogens is 223 g/mol. The predicted molar refractivity (Wildman–Crippen MR) is 49.3 cm³/mol. The monoisotopic (exact) mass is 231 g/mol. The van der Waals surface area contributed by atoms with Crippen LogP contribution in [0.2, 0.25) is 0 Å². The average Bonchev–Trinajstić information content (AvgIpc) is 2.43. The molecule has 2 rings (SSSR count). The van der Waals surface area contributed by atoms with Crippen LogP contribution in [0.3, 0.4) is 0 Å². The third-order valence-electron chi connectivity index (χ3n) is 2.36. The molecule has 1 atom stereocenters. The van der Waals surface area contributed by atoms with Crippen molar-refractivity contribution in [1.29, 1.82) is 0 Å². The number of amides is 1. The van der Waals surface area contributed by atoms with Crippen molar-refractivity contribution in [2.75, 3.05) is 11.4 Å².